The van der Waals surface area contributed by atoms with E-state index in [0.717, 1.165) is 16.9 Å². The van der Waals surface area contributed by atoms with Gasteiger partial charge in [-0.3, -0.25) is 9.78 Å². The fourth-order valence-electron chi connectivity index (χ4n) is 1.94. The minimum Gasteiger partial charge on any atom is -0.331 e. The van der Waals surface area contributed by atoms with E-state index in [1.54, 1.807) is 11.7 Å². The summed E-state index contributed by atoms with van der Waals surface area (Å²) in [5.74, 6) is 0.852. The number of fused-ring (bicyclic) bond motifs is 1. The second kappa shape index (κ2) is 4.34. The van der Waals surface area contributed by atoms with Crippen LogP contribution in [0.25, 0.3) is 11.0 Å². The Morgan fingerprint density at radius 1 is 1.39 bits per heavy atom. The molecule has 0 saturated carbocycles. The first-order valence-corrected chi connectivity index (χ1v) is 6.45. The van der Waals surface area contributed by atoms with Crippen LogP contribution in [-0.4, -0.2) is 20.3 Å². The molecule has 2 aromatic heterocycles. The fourth-order valence-corrected chi connectivity index (χ4v) is 2.50. The zero-order valence-electron chi connectivity index (χ0n) is 9.83. The number of Topliss-reactive ketones (excluding diaryl/α,β-unsaturated/α-hetero) is 1. The molecule has 2 heterocycles. The van der Waals surface area contributed by atoms with Gasteiger partial charge in [0.05, 0.1) is 27.8 Å². The Morgan fingerprint density at radius 3 is 2.94 bits per heavy atom. The van der Waals surface area contributed by atoms with Crippen LogP contribution in [0.1, 0.15) is 15.5 Å². The summed E-state index contributed by atoms with van der Waals surface area (Å²) in [6, 6.07) is 7.88. The third-order valence-corrected chi connectivity index (χ3v) is 3.72. The summed E-state index contributed by atoms with van der Waals surface area (Å²) in [5.41, 5.74) is 3.64. The van der Waals surface area contributed by atoms with Crippen LogP contribution in [0.2, 0.25) is 0 Å². The number of hydrogen-bond donors (Lipinski definition) is 0. The number of hydrogen-bond acceptors (Lipinski definition) is 4. The van der Waals surface area contributed by atoms with E-state index in [0.29, 0.717) is 11.3 Å². The number of aryl methyl sites for hydroxylation is 1. The molecule has 5 heteroatoms. The summed E-state index contributed by atoms with van der Waals surface area (Å²) in [6.07, 6.45) is 1.92. The third kappa shape index (κ3) is 1.82. The Morgan fingerprint density at radius 2 is 2.22 bits per heavy atom. The first-order valence-electron chi connectivity index (χ1n) is 5.58. The number of nitrogens with zero attached hydrogens (tertiary/aromatic N) is 3. The molecule has 0 fully saturated rings. The molecule has 4 nitrogen and oxygen atoms in total. The predicted molar refractivity (Wildman–Crippen MR) is 70.9 cm³/mol. The van der Waals surface area contributed by atoms with Gasteiger partial charge in [-0.25, -0.2) is 4.98 Å². The van der Waals surface area contributed by atoms with E-state index in [9.17, 15) is 4.79 Å². The fraction of sp³-hybridized carbons (Fsp3) is 0.154. The minimum atomic E-state index is 0.0657. The van der Waals surface area contributed by atoms with Gasteiger partial charge in [0.2, 0.25) is 0 Å². The van der Waals surface area contributed by atoms with Crippen molar-refractivity contribution in [2.24, 2.45) is 7.05 Å². The van der Waals surface area contributed by atoms with Gasteiger partial charge in [0.25, 0.3) is 0 Å². The minimum absolute atomic E-state index is 0.0657. The lowest BCUT2D eigenvalue weighted by Crippen LogP contribution is -2.07. The van der Waals surface area contributed by atoms with Gasteiger partial charge >= 0.3 is 0 Å². The van der Waals surface area contributed by atoms with Crippen molar-refractivity contribution in [3.8, 4) is 0 Å². The molecule has 0 N–H and O–H groups in total. The van der Waals surface area contributed by atoms with E-state index in [4.69, 9.17) is 0 Å². The molecular weight excluding hydrogens is 246 g/mol. The zero-order chi connectivity index (χ0) is 12.5. The van der Waals surface area contributed by atoms with E-state index in [1.807, 2.05) is 35.9 Å². The molecule has 18 heavy (non-hydrogen) atoms. The van der Waals surface area contributed by atoms with Gasteiger partial charge in [-0.1, -0.05) is 12.1 Å². The Hall–Kier alpha value is -2.01. The largest absolute Gasteiger partial charge is 0.331 e. The highest BCUT2D eigenvalue weighted by Crippen LogP contribution is 2.16. The summed E-state index contributed by atoms with van der Waals surface area (Å²) in [6.45, 7) is 0. The molecule has 0 amide bonds. The molecule has 3 aromatic rings. The zero-order valence-corrected chi connectivity index (χ0v) is 10.6. The quantitative estimate of drug-likeness (QED) is 0.677. The average molecular weight is 257 g/mol. The highest BCUT2D eigenvalue weighted by atomic mass is 32.1. The third-order valence-electron chi connectivity index (χ3n) is 2.91. The van der Waals surface area contributed by atoms with Crippen LogP contribution in [0.5, 0.6) is 0 Å². The number of benzene rings is 1. The van der Waals surface area contributed by atoms with Gasteiger partial charge < -0.3 is 4.57 Å². The van der Waals surface area contributed by atoms with Crippen LogP contribution in [0.4, 0.5) is 0 Å². The summed E-state index contributed by atoms with van der Waals surface area (Å²) in [5, 5.41) is 0. The molecule has 0 aliphatic heterocycles. The molecule has 0 bridgehead atoms. The highest BCUT2D eigenvalue weighted by molar-refractivity contribution is 7.11. The van der Waals surface area contributed by atoms with E-state index in [-0.39, 0.29) is 5.78 Å². The maximum absolute atomic E-state index is 12.0. The molecular formula is C13H11N3OS. The first-order chi connectivity index (χ1) is 8.75. The number of ketones is 1. The Labute approximate surface area is 108 Å². The summed E-state index contributed by atoms with van der Waals surface area (Å²) in [4.78, 5) is 21.1. The van der Waals surface area contributed by atoms with Gasteiger partial charge in [0.15, 0.2) is 5.78 Å². The second-order valence-corrected chi connectivity index (χ2v) is 4.93. The van der Waals surface area contributed by atoms with Gasteiger partial charge in [0.1, 0.15) is 5.82 Å². The van der Waals surface area contributed by atoms with Crippen LogP contribution in [0.15, 0.2) is 36.0 Å². The lowest BCUT2D eigenvalue weighted by Gasteiger charge is -2.00. The molecule has 90 valence electrons. The van der Waals surface area contributed by atoms with Crippen LogP contribution < -0.4 is 0 Å². The average Bonchev–Trinajstić information content (AvgIpc) is 3.00. The van der Waals surface area contributed by atoms with Gasteiger partial charge in [-0.2, -0.15) is 0 Å². The van der Waals surface area contributed by atoms with Crippen molar-refractivity contribution in [1.82, 2.24) is 14.5 Å². The van der Waals surface area contributed by atoms with Crippen molar-refractivity contribution in [3.05, 3.63) is 46.7 Å². The van der Waals surface area contributed by atoms with Crippen LogP contribution in [0, 0.1) is 0 Å². The molecule has 0 aliphatic carbocycles. The predicted octanol–water partition coefficient (Wildman–Crippen LogP) is 2.46. The first kappa shape index (κ1) is 11.1. The van der Waals surface area contributed by atoms with Gasteiger partial charge in [-0.05, 0) is 12.1 Å². The van der Waals surface area contributed by atoms with Crippen molar-refractivity contribution in [2.45, 2.75) is 6.42 Å². The van der Waals surface area contributed by atoms with Gasteiger partial charge in [-0.15, -0.1) is 11.3 Å². The Bertz CT molecular complexity index is 700. The number of aromatic nitrogens is 3. The highest BCUT2D eigenvalue weighted by Gasteiger charge is 2.14. The lowest BCUT2D eigenvalue weighted by atomic mass is 10.2. The normalized spacial score (nSPS) is 10.9. The standard InChI is InChI=1S/C13H11N3OS/c1-16-10-5-3-2-4-9(10)15-13(16)6-11(17)12-7-14-8-18-12/h2-5,7-8H,6H2,1H3. The number of carbonyl (C=O) groups is 1. The lowest BCUT2D eigenvalue weighted by molar-refractivity contribution is 0.0994. The summed E-state index contributed by atoms with van der Waals surface area (Å²) < 4.78 is 1.97. The SMILES string of the molecule is Cn1c(CC(=O)c2cncs2)nc2ccccc21. The molecule has 0 aliphatic rings. The second-order valence-electron chi connectivity index (χ2n) is 4.04. The summed E-state index contributed by atoms with van der Waals surface area (Å²) in [7, 11) is 1.94. The topological polar surface area (TPSA) is 47.8 Å². The van der Waals surface area contributed by atoms with Crippen molar-refractivity contribution in [1.29, 1.82) is 0 Å². The van der Waals surface area contributed by atoms with E-state index >= 15 is 0 Å². The number of rotatable bonds is 3. The van der Waals surface area contributed by atoms with Crippen LogP contribution >= 0.6 is 11.3 Å². The smallest absolute Gasteiger partial charge is 0.181 e. The van der Waals surface area contributed by atoms with Crippen molar-refractivity contribution >= 4 is 28.2 Å². The maximum atomic E-state index is 12.0. The van der Waals surface area contributed by atoms with Crippen LogP contribution in [-0.2, 0) is 13.5 Å². The summed E-state index contributed by atoms with van der Waals surface area (Å²) >= 11 is 1.37. The molecule has 3 rings (SSSR count). The van der Waals surface area contributed by atoms with Gasteiger partial charge in [0, 0.05) is 13.2 Å². The van der Waals surface area contributed by atoms with Crippen molar-refractivity contribution in [2.75, 3.05) is 0 Å². The number of para-hydroxylation sites is 2. The number of carbonyl (C=O) groups excluding carboxylic acids is 1. The van der Waals surface area contributed by atoms with Crippen molar-refractivity contribution in [3.63, 3.8) is 0 Å². The van der Waals surface area contributed by atoms with Crippen molar-refractivity contribution < 1.29 is 4.79 Å². The molecule has 0 unspecified atom stereocenters. The van der Waals surface area contributed by atoms with Crippen LogP contribution in [0.3, 0.4) is 0 Å². The van der Waals surface area contributed by atoms with E-state index < -0.39 is 0 Å². The molecule has 0 saturated heterocycles. The molecule has 1 aromatic carbocycles. The monoisotopic (exact) mass is 257 g/mol. The maximum Gasteiger partial charge on any atom is 0.181 e. The Balaban J connectivity index is 1.96. The Kier molecular flexibility index (Phi) is 2.68. The molecule has 0 atom stereocenters. The van der Waals surface area contributed by atoms with E-state index in [2.05, 4.69) is 9.97 Å². The van der Waals surface area contributed by atoms with E-state index in [1.165, 1.54) is 11.3 Å². The number of thiazole rings is 1. The molecule has 0 spiro atoms. The number of imidazole rings is 1. The molecule has 0 radical (unpaired) electrons.